The summed E-state index contributed by atoms with van der Waals surface area (Å²) in [5.41, 5.74) is 2.07. The van der Waals surface area contributed by atoms with Crippen molar-refractivity contribution >= 4 is 11.7 Å². The van der Waals surface area contributed by atoms with Gasteiger partial charge >= 0.3 is 0 Å². The first kappa shape index (κ1) is 14.9. The van der Waals surface area contributed by atoms with Gasteiger partial charge in [-0.25, -0.2) is 9.07 Å². The van der Waals surface area contributed by atoms with E-state index >= 15 is 0 Å². The molecule has 0 aliphatic rings. The van der Waals surface area contributed by atoms with Gasteiger partial charge in [0.25, 0.3) is 0 Å². The molecule has 23 heavy (non-hydrogen) atoms. The maximum atomic E-state index is 13.5. The van der Waals surface area contributed by atoms with E-state index in [1.54, 1.807) is 41.3 Å². The smallest absolute Gasteiger partial charge is 0.230 e. The summed E-state index contributed by atoms with van der Waals surface area (Å²) in [5, 5.41) is 6.93. The molecule has 1 aromatic carbocycles. The molecule has 0 saturated carbocycles. The largest absolute Gasteiger partial charge is 0.309 e. The number of rotatable bonds is 4. The number of nitrogens with zero attached hydrogens (tertiary/aromatic N) is 3. The number of carbonyl (C=O) groups is 1. The van der Waals surface area contributed by atoms with Crippen LogP contribution in [-0.2, 0) is 11.2 Å². The first-order chi connectivity index (χ1) is 11.1. The van der Waals surface area contributed by atoms with Crippen molar-refractivity contribution in [1.29, 1.82) is 0 Å². The molecule has 1 amide bonds. The van der Waals surface area contributed by atoms with Crippen molar-refractivity contribution in [3.63, 3.8) is 0 Å². The lowest BCUT2D eigenvalue weighted by Gasteiger charge is -2.04. The fourth-order valence-corrected chi connectivity index (χ4v) is 2.13. The molecule has 0 radical (unpaired) electrons. The van der Waals surface area contributed by atoms with Crippen molar-refractivity contribution in [2.24, 2.45) is 0 Å². The Bertz CT molecular complexity index is 827. The minimum absolute atomic E-state index is 0.0361. The Kier molecular flexibility index (Phi) is 4.14. The molecular formula is C17H15FN4O. The molecule has 0 aliphatic heterocycles. The fraction of sp³-hybridized carbons (Fsp3) is 0.118. The van der Waals surface area contributed by atoms with Crippen molar-refractivity contribution in [1.82, 2.24) is 14.8 Å². The van der Waals surface area contributed by atoms with Gasteiger partial charge in [0.05, 0.1) is 18.3 Å². The Morgan fingerprint density at radius 1 is 1.22 bits per heavy atom. The first-order valence-corrected chi connectivity index (χ1v) is 7.14. The van der Waals surface area contributed by atoms with Gasteiger partial charge in [-0.2, -0.15) is 5.10 Å². The highest BCUT2D eigenvalue weighted by atomic mass is 19.1. The van der Waals surface area contributed by atoms with Gasteiger partial charge in [-0.05, 0) is 30.7 Å². The predicted octanol–water partition coefficient (Wildman–Crippen LogP) is 2.90. The van der Waals surface area contributed by atoms with Crippen LogP contribution < -0.4 is 5.32 Å². The predicted molar refractivity (Wildman–Crippen MR) is 84.8 cm³/mol. The van der Waals surface area contributed by atoms with Crippen LogP contribution in [0, 0.1) is 12.7 Å². The zero-order valence-corrected chi connectivity index (χ0v) is 12.5. The van der Waals surface area contributed by atoms with Gasteiger partial charge in [-0.15, -0.1) is 0 Å². The Balaban J connectivity index is 1.68. The van der Waals surface area contributed by atoms with E-state index < -0.39 is 0 Å². The second kappa shape index (κ2) is 6.39. The number of pyridine rings is 1. The molecule has 0 fully saturated rings. The van der Waals surface area contributed by atoms with Gasteiger partial charge in [0.1, 0.15) is 5.82 Å². The van der Waals surface area contributed by atoms with Crippen LogP contribution in [0.3, 0.4) is 0 Å². The molecule has 0 saturated heterocycles. The van der Waals surface area contributed by atoms with Crippen LogP contribution in [0.4, 0.5) is 10.2 Å². The normalized spacial score (nSPS) is 10.5. The summed E-state index contributed by atoms with van der Waals surface area (Å²) in [6.07, 6.45) is 3.39. The molecule has 0 unspecified atom stereocenters. The van der Waals surface area contributed by atoms with Crippen LogP contribution in [0.1, 0.15) is 11.3 Å². The summed E-state index contributed by atoms with van der Waals surface area (Å²) in [4.78, 5) is 16.2. The van der Waals surface area contributed by atoms with Crippen molar-refractivity contribution in [3.8, 4) is 5.69 Å². The molecule has 0 aliphatic carbocycles. The summed E-state index contributed by atoms with van der Waals surface area (Å²) in [7, 11) is 0. The lowest BCUT2D eigenvalue weighted by molar-refractivity contribution is -0.115. The van der Waals surface area contributed by atoms with Crippen LogP contribution in [0.15, 0.2) is 54.9 Å². The average Bonchev–Trinajstić information content (AvgIpc) is 2.98. The number of aryl methyl sites for hydroxylation is 1. The molecule has 6 heteroatoms. The van der Waals surface area contributed by atoms with E-state index in [9.17, 15) is 9.18 Å². The van der Waals surface area contributed by atoms with Gasteiger partial charge in [0.15, 0.2) is 5.82 Å². The highest BCUT2D eigenvalue weighted by Gasteiger charge is 2.09. The molecule has 3 rings (SSSR count). The Morgan fingerprint density at radius 3 is 2.78 bits per heavy atom. The second-order valence-electron chi connectivity index (χ2n) is 5.12. The summed E-state index contributed by atoms with van der Waals surface area (Å²) >= 11 is 0. The number of amides is 1. The minimum atomic E-state index is -0.390. The zero-order chi connectivity index (χ0) is 16.2. The second-order valence-corrected chi connectivity index (χ2v) is 5.12. The Morgan fingerprint density at radius 2 is 2.04 bits per heavy atom. The fourth-order valence-electron chi connectivity index (χ4n) is 2.13. The van der Waals surface area contributed by atoms with Gasteiger partial charge in [-0.1, -0.05) is 18.2 Å². The molecular weight excluding hydrogens is 295 g/mol. The Labute approximate surface area is 132 Å². The van der Waals surface area contributed by atoms with Crippen LogP contribution >= 0.6 is 0 Å². The number of aromatic nitrogens is 3. The maximum Gasteiger partial charge on any atom is 0.230 e. The van der Waals surface area contributed by atoms with Gasteiger partial charge in [0, 0.05) is 18.0 Å². The maximum absolute atomic E-state index is 13.5. The summed E-state index contributed by atoms with van der Waals surface area (Å²) in [6.45, 7) is 1.90. The standard InChI is InChI=1S/C17H15FN4O/c1-12-6-7-14(11-19-12)22-9-8-16(21-22)20-17(23)10-13-4-2-3-5-15(13)18/h2-9,11H,10H2,1H3,(H,20,21,23). The van der Waals surface area contributed by atoms with Crippen LogP contribution in [-0.4, -0.2) is 20.7 Å². The summed E-state index contributed by atoms with van der Waals surface area (Å²) < 4.78 is 15.2. The van der Waals surface area contributed by atoms with E-state index in [1.165, 1.54) is 6.07 Å². The Hall–Kier alpha value is -3.02. The molecule has 1 N–H and O–H groups in total. The van der Waals surface area contributed by atoms with Crippen molar-refractivity contribution in [3.05, 3.63) is 71.9 Å². The number of anilines is 1. The minimum Gasteiger partial charge on any atom is -0.309 e. The van der Waals surface area contributed by atoms with Gasteiger partial charge < -0.3 is 5.32 Å². The monoisotopic (exact) mass is 310 g/mol. The molecule has 5 nitrogen and oxygen atoms in total. The number of nitrogens with one attached hydrogen (secondary N) is 1. The molecule has 0 bridgehead atoms. The van der Waals surface area contributed by atoms with E-state index in [0.717, 1.165) is 11.4 Å². The lowest BCUT2D eigenvalue weighted by Crippen LogP contribution is -2.15. The van der Waals surface area contributed by atoms with E-state index in [-0.39, 0.29) is 18.1 Å². The third-order valence-corrected chi connectivity index (χ3v) is 3.33. The number of halogens is 1. The van der Waals surface area contributed by atoms with E-state index in [1.807, 2.05) is 19.1 Å². The molecule has 116 valence electrons. The lowest BCUT2D eigenvalue weighted by atomic mass is 10.1. The number of benzene rings is 1. The van der Waals surface area contributed by atoms with Crippen molar-refractivity contribution < 1.29 is 9.18 Å². The summed E-state index contributed by atoms with van der Waals surface area (Å²) in [5.74, 6) is -0.298. The number of carbonyl (C=O) groups excluding carboxylic acids is 1. The van der Waals surface area contributed by atoms with E-state index in [2.05, 4.69) is 15.4 Å². The third-order valence-electron chi connectivity index (χ3n) is 3.33. The van der Waals surface area contributed by atoms with Crippen LogP contribution in [0.2, 0.25) is 0 Å². The quantitative estimate of drug-likeness (QED) is 0.806. The van der Waals surface area contributed by atoms with Crippen LogP contribution in [0.5, 0.6) is 0 Å². The molecule has 3 aromatic rings. The number of hydrogen-bond acceptors (Lipinski definition) is 3. The average molecular weight is 310 g/mol. The van der Waals surface area contributed by atoms with Crippen LogP contribution in [0.25, 0.3) is 5.69 Å². The topological polar surface area (TPSA) is 59.8 Å². The van der Waals surface area contributed by atoms with E-state index in [4.69, 9.17) is 0 Å². The highest BCUT2D eigenvalue weighted by molar-refractivity contribution is 5.91. The van der Waals surface area contributed by atoms with Gasteiger partial charge in [0.2, 0.25) is 5.91 Å². The zero-order valence-electron chi connectivity index (χ0n) is 12.5. The summed E-state index contributed by atoms with van der Waals surface area (Å²) in [6, 6.07) is 11.7. The first-order valence-electron chi connectivity index (χ1n) is 7.14. The SMILES string of the molecule is Cc1ccc(-n2ccc(NC(=O)Cc3ccccc3F)n2)cn1. The van der Waals surface area contributed by atoms with E-state index in [0.29, 0.717) is 11.4 Å². The third kappa shape index (κ3) is 3.60. The van der Waals surface area contributed by atoms with Crippen molar-refractivity contribution in [2.45, 2.75) is 13.3 Å². The molecule has 2 aromatic heterocycles. The molecule has 0 atom stereocenters. The van der Waals surface area contributed by atoms with Crippen molar-refractivity contribution in [2.75, 3.05) is 5.32 Å². The van der Waals surface area contributed by atoms with Gasteiger partial charge in [-0.3, -0.25) is 9.78 Å². The molecule has 0 spiro atoms. The number of hydrogen-bond donors (Lipinski definition) is 1. The highest BCUT2D eigenvalue weighted by Crippen LogP contribution is 2.11. The molecule has 2 heterocycles.